The van der Waals surface area contributed by atoms with Gasteiger partial charge in [-0.1, -0.05) is 45.4 Å². The minimum atomic E-state index is 0.260. The summed E-state index contributed by atoms with van der Waals surface area (Å²) in [6, 6.07) is 4.18. The first-order valence-electron chi connectivity index (χ1n) is 7.31. The molecule has 1 heterocycles. The van der Waals surface area contributed by atoms with Crippen molar-refractivity contribution >= 4 is 11.6 Å². The molecular weight excluding hydrogens is 242 g/mol. The highest BCUT2D eigenvalue weighted by molar-refractivity contribution is 6.21. The Morgan fingerprint density at radius 3 is 2.39 bits per heavy atom. The van der Waals surface area contributed by atoms with E-state index in [1.165, 1.54) is 50.5 Å². The fraction of sp³-hybridized carbons (Fsp3) is 0.688. The Morgan fingerprint density at radius 1 is 1.17 bits per heavy atom. The average molecular weight is 266 g/mol. The van der Waals surface area contributed by atoms with Gasteiger partial charge in [-0.05, 0) is 36.0 Å². The molecule has 1 aliphatic carbocycles. The normalized spacial score (nSPS) is 21.2. The standard InChI is InChI=1S/C16H24ClN/c1-13(15-8-10-18-11-9-15)16(17)12-14-6-4-2-3-5-7-14/h8-11,13-14,16H,2-7,12H2,1H3. The van der Waals surface area contributed by atoms with E-state index in [0.717, 1.165) is 5.92 Å². The topological polar surface area (TPSA) is 12.9 Å². The summed E-state index contributed by atoms with van der Waals surface area (Å²) in [5.74, 6) is 1.28. The SMILES string of the molecule is CC(c1ccncc1)C(Cl)CC1CCCCCC1. The summed E-state index contributed by atoms with van der Waals surface area (Å²) in [6.07, 6.45) is 13.3. The zero-order valence-corrected chi connectivity index (χ0v) is 12.1. The molecular formula is C16H24ClN. The molecule has 0 amide bonds. The van der Waals surface area contributed by atoms with Gasteiger partial charge in [0.05, 0.1) is 0 Å². The Morgan fingerprint density at radius 2 is 1.78 bits per heavy atom. The molecule has 2 unspecified atom stereocenters. The lowest BCUT2D eigenvalue weighted by molar-refractivity contribution is 0.405. The third-order valence-electron chi connectivity index (χ3n) is 4.31. The van der Waals surface area contributed by atoms with Crippen LogP contribution >= 0.6 is 11.6 Å². The van der Waals surface area contributed by atoms with Gasteiger partial charge in [0.1, 0.15) is 0 Å². The fourth-order valence-corrected chi connectivity index (χ4v) is 3.40. The molecule has 1 fully saturated rings. The number of halogens is 1. The minimum absolute atomic E-state index is 0.260. The second-order valence-corrected chi connectivity index (χ2v) is 6.24. The van der Waals surface area contributed by atoms with Gasteiger partial charge in [-0.2, -0.15) is 0 Å². The number of nitrogens with zero attached hydrogens (tertiary/aromatic N) is 1. The number of hydrogen-bond acceptors (Lipinski definition) is 1. The van der Waals surface area contributed by atoms with E-state index in [-0.39, 0.29) is 5.38 Å². The maximum Gasteiger partial charge on any atom is 0.0404 e. The van der Waals surface area contributed by atoms with Crippen molar-refractivity contribution in [1.82, 2.24) is 4.98 Å². The zero-order chi connectivity index (χ0) is 12.8. The van der Waals surface area contributed by atoms with E-state index >= 15 is 0 Å². The molecule has 100 valence electrons. The van der Waals surface area contributed by atoms with E-state index in [9.17, 15) is 0 Å². The molecule has 2 heteroatoms. The lowest BCUT2D eigenvalue weighted by atomic mass is 9.88. The molecule has 2 atom stereocenters. The van der Waals surface area contributed by atoms with E-state index in [4.69, 9.17) is 11.6 Å². The lowest BCUT2D eigenvalue weighted by Crippen LogP contribution is -2.15. The molecule has 2 rings (SSSR count). The van der Waals surface area contributed by atoms with Gasteiger partial charge in [0.15, 0.2) is 0 Å². The van der Waals surface area contributed by atoms with Crippen molar-refractivity contribution in [3.63, 3.8) is 0 Å². The Bertz CT molecular complexity index is 330. The van der Waals surface area contributed by atoms with Gasteiger partial charge in [0.25, 0.3) is 0 Å². The molecule has 0 aromatic carbocycles. The van der Waals surface area contributed by atoms with Crippen LogP contribution in [0.4, 0.5) is 0 Å². The molecule has 1 aliphatic rings. The van der Waals surface area contributed by atoms with Gasteiger partial charge in [-0.25, -0.2) is 0 Å². The van der Waals surface area contributed by atoms with Crippen molar-refractivity contribution in [3.05, 3.63) is 30.1 Å². The summed E-state index contributed by atoms with van der Waals surface area (Å²) < 4.78 is 0. The summed E-state index contributed by atoms with van der Waals surface area (Å²) in [6.45, 7) is 2.24. The fourth-order valence-electron chi connectivity index (χ4n) is 3.00. The van der Waals surface area contributed by atoms with Crippen molar-refractivity contribution in [2.75, 3.05) is 0 Å². The van der Waals surface area contributed by atoms with Crippen molar-refractivity contribution in [2.24, 2.45) is 5.92 Å². The predicted octanol–water partition coefficient (Wildman–Crippen LogP) is 5.15. The number of rotatable bonds is 4. The number of alkyl halides is 1. The van der Waals surface area contributed by atoms with Crippen LogP contribution in [0.5, 0.6) is 0 Å². The highest BCUT2D eigenvalue weighted by Crippen LogP contribution is 2.33. The quantitative estimate of drug-likeness (QED) is 0.542. The third-order valence-corrected chi connectivity index (χ3v) is 4.86. The maximum atomic E-state index is 6.63. The molecule has 1 saturated carbocycles. The van der Waals surface area contributed by atoms with Crippen molar-refractivity contribution in [2.45, 2.75) is 63.2 Å². The summed E-state index contributed by atoms with van der Waals surface area (Å²) in [5, 5.41) is 0.260. The van der Waals surface area contributed by atoms with Crippen LogP contribution in [-0.2, 0) is 0 Å². The predicted molar refractivity (Wildman–Crippen MR) is 78.1 cm³/mol. The lowest BCUT2D eigenvalue weighted by Gasteiger charge is -2.23. The summed E-state index contributed by atoms with van der Waals surface area (Å²) in [5.41, 5.74) is 1.32. The zero-order valence-electron chi connectivity index (χ0n) is 11.3. The van der Waals surface area contributed by atoms with Crippen LogP contribution in [0.3, 0.4) is 0 Å². The first-order valence-corrected chi connectivity index (χ1v) is 7.75. The monoisotopic (exact) mass is 265 g/mol. The minimum Gasteiger partial charge on any atom is -0.265 e. The van der Waals surface area contributed by atoms with Gasteiger partial charge >= 0.3 is 0 Å². The second-order valence-electron chi connectivity index (χ2n) is 5.68. The van der Waals surface area contributed by atoms with Crippen molar-refractivity contribution in [1.29, 1.82) is 0 Å². The summed E-state index contributed by atoms with van der Waals surface area (Å²) in [4.78, 5) is 4.07. The van der Waals surface area contributed by atoms with Gasteiger partial charge in [-0.3, -0.25) is 4.98 Å². The first-order chi connectivity index (χ1) is 8.77. The van der Waals surface area contributed by atoms with Crippen LogP contribution in [0.1, 0.15) is 63.4 Å². The van der Waals surface area contributed by atoms with Gasteiger partial charge in [-0.15, -0.1) is 11.6 Å². The highest BCUT2D eigenvalue weighted by atomic mass is 35.5. The second kappa shape index (κ2) is 7.13. The number of pyridine rings is 1. The van der Waals surface area contributed by atoms with Crippen LogP contribution in [0.25, 0.3) is 0 Å². The van der Waals surface area contributed by atoms with Crippen LogP contribution in [0.15, 0.2) is 24.5 Å². The molecule has 1 aromatic rings. The van der Waals surface area contributed by atoms with Crippen LogP contribution < -0.4 is 0 Å². The van der Waals surface area contributed by atoms with Crippen LogP contribution in [-0.4, -0.2) is 10.4 Å². The van der Waals surface area contributed by atoms with Crippen molar-refractivity contribution < 1.29 is 0 Å². The van der Waals surface area contributed by atoms with E-state index in [2.05, 4.69) is 24.0 Å². The smallest absolute Gasteiger partial charge is 0.0404 e. The van der Waals surface area contributed by atoms with Gasteiger partial charge in [0, 0.05) is 17.8 Å². The van der Waals surface area contributed by atoms with Gasteiger partial charge < -0.3 is 0 Å². The van der Waals surface area contributed by atoms with Crippen molar-refractivity contribution in [3.8, 4) is 0 Å². The van der Waals surface area contributed by atoms with Crippen LogP contribution in [0, 0.1) is 5.92 Å². The molecule has 0 N–H and O–H groups in total. The summed E-state index contributed by atoms with van der Waals surface area (Å²) in [7, 11) is 0. The third kappa shape index (κ3) is 3.98. The average Bonchev–Trinajstić information content (AvgIpc) is 2.67. The Hall–Kier alpha value is -0.560. The number of aromatic nitrogens is 1. The van der Waals surface area contributed by atoms with E-state index in [1.54, 1.807) is 0 Å². The number of hydrogen-bond donors (Lipinski definition) is 0. The Balaban J connectivity index is 1.88. The molecule has 1 aromatic heterocycles. The molecule has 18 heavy (non-hydrogen) atoms. The van der Waals surface area contributed by atoms with Gasteiger partial charge in [0.2, 0.25) is 0 Å². The summed E-state index contributed by atoms with van der Waals surface area (Å²) >= 11 is 6.63. The molecule has 0 saturated heterocycles. The molecule has 0 spiro atoms. The molecule has 1 nitrogen and oxygen atoms in total. The van der Waals surface area contributed by atoms with E-state index < -0.39 is 0 Å². The molecule has 0 bridgehead atoms. The van der Waals surface area contributed by atoms with E-state index in [0.29, 0.717) is 5.92 Å². The molecule has 0 aliphatic heterocycles. The largest absolute Gasteiger partial charge is 0.265 e. The Labute approximate surface area is 116 Å². The first kappa shape index (κ1) is 13.9. The van der Waals surface area contributed by atoms with Crippen LogP contribution in [0.2, 0.25) is 0 Å². The Kier molecular flexibility index (Phi) is 5.49. The molecule has 0 radical (unpaired) electrons. The highest BCUT2D eigenvalue weighted by Gasteiger charge is 2.21. The maximum absolute atomic E-state index is 6.63. The van der Waals surface area contributed by atoms with E-state index in [1.807, 2.05) is 12.4 Å².